The van der Waals surface area contributed by atoms with Crippen LogP contribution in [0.15, 0.2) is 54.7 Å². The summed E-state index contributed by atoms with van der Waals surface area (Å²) in [5.41, 5.74) is 2.30. The molecule has 1 fully saturated rings. The zero-order valence-electron chi connectivity index (χ0n) is 16.5. The van der Waals surface area contributed by atoms with E-state index in [1.807, 2.05) is 30.5 Å². The highest BCUT2D eigenvalue weighted by Gasteiger charge is 2.26. The van der Waals surface area contributed by atoms with E-state index in [1.54, 1.807) is 24.3 Å². The Morgan fingerprint density at radius 1 is 1.17 bits per heavy atom. The second kappa shape index (κ2) is 9.32. The van der Waals surface area contributed by atoms with E-state index in [0.717, 1.165) is 29.3 Å². The van der Waals surface area contributed by atoms with Crippen LogP contribution in [-0.2, 0) is 16.0 Å². The quantitative estimate of drug-likeness (QED) is 0.565. The fourth-order valence-electron chi connectivity index (χ4n) is 3.77. The number of hydrogen-bond acceptors (Lipinski definition) is 3. The van der Waals surface area contributed by atoms with Crippen LogP contribution in [0.25, 0.3) is 10.9 Å². The van der Waals surface area contributed by atoms with Crippen LogP contribution >= 0.6 is 11.6 Å². The number of rotatable bonds is 6. The van der Waals surface area contributed by atoms with Crippen LogP contribution in [0, 0.1) is 0 Å². The third-order valence-corrected chi connectivity index (χ3v) is 5.68. The first-order chi connectivity index (χ1) is 14.6. The Bertz CT molecular complexity index is 1040. The van der Waals surface area contributed by atoms with Gasteiger partial charge in [-0.2, -0.15) is 0 Å². The highest BCUT2D eigenvalue weighted by Crippen LogP contribution is 2.20. The van der Waals surface area contributed by atoms with Crippen LogP contribution in [0.2, 0.25) is 5.02 Å². The van der Waals surface area contributed by atoms with E-state index in [2.05, 4.69) is 15.6 Å². The van der Waals surface area contributed by atoms with Gasteiger partial charge in [0.2, 0.25) is 5.91 Å². The van der Waals surface area contributed by atoms with Gasteiger partial charge in [0.15, 0.2) is 0 Å². The average molecular weight is 426 g/mol. The Balaban J connectivity index is 1.56. The van der Waals surface area contributed by atoms with Crippen molar-refractivity contribution in [3.63, 3.8) is 0 Å². The molecule has 2 aromatic carbocycles. The molecule has 30 heavy (non-hydrogen) atoms. The Hall–Kier alpha value is -2.83. The maximum atomic E-state index is 13.1. The fraction of sp³-hybridized carbons (Fsp3) is 0.304. The summed E-state index contributed by atoms with van der Waals surface area (Å²) in [6.45, 7) is 1.21. The van der Waals surface area contributed by atoms with Crippen molar-refractivity contribution in [2.24, 2.45) is 0 Å². The van der Waals surface area contributed by atoms with E-state index in [0.29, 0.717) is 30.2 Å². The van der Waals surface area contributed by atoms with Crippen molar-refractivity contribution in [3.8, 4) is 0 Å². The first-order valence-electron chi connectivity index (χ1n) is 10.1. The third kappa shape index (κ3) is 4.66. The number of halogens is 1. The van der Waals surface area contributed by atoms with Crippen molar-refractivity contribution in [2.45, 2.75) is 31.3 Å². The van der Waals surface area contributed by atoms with Crippen LogP contribution in [0.1, 0.15) is 28.8 Å². The summed E-state index contributed by atoms with van der Waals surface area (Å²) in [7, 11) is 0. The van der Waals surface area contributed by atoms with Crippen LogP contribution in [0.5, 0.6) is 0 Å². The van der Waals surface area contributed by atoms with Crippen LogP contribution in [0.3, 0.4) is 0 Å². The number of carbonyl (C=O) groups excluding carboxylic acids is 2. The number of fused-ring (bicyclic) bond motifs is 1. The topological polar surface area (TPSA) is 83.2 Å². The zero-order chi connectivity index (χ0) is 20.9. The van der Waals surface area contributed by atoms with Gasteiger partial charge in [-0.3, -0.25) is 9.59 Å². The van der Waals surface area contributed by atoms with Gasteiger partial charge in [0.05, 0.1) is 23.2 Å². The maximum absolute atomic E-state index is 13.1. The van der Waals surface area contributed by atoms with Crippen LogP contribution in [0.4, 0.5) is 0 Å². The number of aromatic amines is 1. The molecule has 1 aromatic heterocycles. The van der Waals surface area contributed by atoms with Gasteiger partial charge >= 0.3 is 0 Å². The van der Waals surface area contributed by atoms with Gasteiger partial charge in [-0.05, 0) is 36.6 Å². The third-order valence-electron chi connectivity index (χ3n) is 5.35. The Morgan fingerprint density at radius 2 is 1.97 bits per heavy atom. The summed E-state index contributed by atoms with van der Waals surface area (Å²) in [6.07, 6.45) is 4.02. The summed E-state index contributed by atoms with van der Waals surface area (Å²) < 4.78 is 5.47. The molecule has 0 bridgehead atoms. The molecule has 1 aliphatic heterocycles. The van der Waals surface area contributed by atoms with Crippen molar-refractivity contribution >= 4 is 34.3 Å². The molecular weight excluding hydrogens is 402 g/mol. The second-order valence-corrected chi connectivity index (χ2v) is 7.90. The lowest BCUT2D eigenvalue weighted by Gasteiger charge is -2.26. The molecule has 2 unspecified atom stereocenters. The summed E-state index contributed by atoms with van der Waals surface area (Å²) in [6, 6.07) is 13.9. The molecule has 1 saturated heterocycles. The molecule has 2 heterocycles. The van der Waals surface area contributed by atoms with E-state index in [4.69, 9.17) is 16.3 Å². The number of ether oxygens (including phenoxy) is 1. The van der Waals surface area contributed by atoms with Gasteiger partial charge in [-0.25, -0.2) is 0 Å². The summed E-state index contributed by atoms with van der Waals surface area (Å²) in [5.74, 6) is -0.600. The van der Waals surface area contributed by atoms with Gasteiger partial charge in [-0.1, -0.05) is 41.9 Å². The largest absolute Gasteiger partial charge is 0.379 e. The first-order valence-corrected chi connectivity index (χ1v) is 10.5. The van der Waals surface area contributed by atoms with Gasteiger partial charge in [-0.15, -0.1) is 0 Å². The number of carbonyl (C=O) groups is 2. The molecule has 0 saturated carbocycles. The number of benzene rings is 2. The number of H-pyrrole nitrogens is 1. The molecule has 2 atom stereocenters. The van der Waals surface area contributed by atoms with Gasteiger partial charge in [0.25, 0.3) is 5.91 Å². The molecule has 4 rings (SSSR count). The fourth-order valence-corrected chi connectivity index (χ4v) is 3.99. The summed E-state index contributed by atoms with van der Waals surface area (Å²) in [5, 5.41) is 7.29. The Labute approximate surface area is 179 Å². The van der Waals surface area contributed by atoms with Crippen molar-refractivity contribution in [3.05, 3.63) is 70.9 Å². The molecule has 0 radical (unpaired) electrons. The SMILES string of the molecule is O=C(NC(Cc1c[nH]c2ccccc12)C(=O)NC1CCCOC1)c1ccccc1Cl. The minimum Gasteiger partial charge on any atom is -0.379 e. The molecule has 7 heteroatoms. The summed E-state index contributed by atoms with van der Waals surface area (Å²) in [4.78, 5) is 29.2. The maximum Gasteiger partial charge on any atom is 0.253 e. The molecule has 156 valence electrons. The number of aromatic nitrogens is 1. The van der Waals surface area contributed by atoms with E-state index in [9.17, 15) is 9.59 Å². The zero-order valence-corrected chi connectivity index (χ0v) is 17.2. The van der Waals surface area contributed by atoms with Crippen LogP contribution in [-0.4, -0.2) is 42.1 Å². The van der Waals surface area contributed by atoms with Crippen molar-refractivity contribution < 1.29 is 14.3 Å². The van der Waals surface area contributed by atoms with Crippen LogP contribution < -0.4 is 10.6 Å². The number of amides is 2. The molecule has 0 aliphatic carbocycles. The highest BCUT2D eigenvalue weighted by atomic mass is 35.5. The number of nitrogens with one attached hydrogen (secondary N) is 3. The van der Waals surface area contributed by atoms with Gasteiger partial charge in [0.1, 0.15) is 6.04 Å². The molecule has 0 spiro atoms. The average Bonchev–Trinajstić information content (AvgIpc) is 3.17. The highest BCUT2D eigenvalue weighted by molar-refractivity contribution is 6.33. The number of para-hydroxylation sites is 1. The lowest BCUT2D eigenvalue weighted by molar-refractivity contribution is -0.124. The van der Waals surface area contributed by atoms with Crippen molar-refractivity contribution in [1.29, 1.82) is 0 Å². The smallest absolute Gasteiger partial charge is 0.253 e. The molecule has 3 N–H and O–H groups in total. The van der Waals surface area contributed by atoms with Gasteiger partial charge in [0, 0.05) is 30.1 Å². The lowest BCUT2D eigenvalue weighted by Crippen LogP contribution is -2.52. The van der Waals surface area contributed by atoms with E-state index >= 15 is 0 Å². The molecule has 6 nitrogen and oxygen atoms in total. The molecule has 1 aliphatic rings. The lowest BCUT2D eigenvalue weighted by atomic mass is 10.0. The van der Waals surface area contributed by atoms with E-state index < -0.39 is 6.04 Å². The summed E-state index contributed by atoms with van der Waals surface area (Å²) >= 11 is 6.18. The standard InChI is InChI=1S/C23H24ClN3O3/c24-19-9-3-1-8-18(19)22(28)27-21(23(29)26-16-6-5-11-30-14-16)12-15-13-25-20-10-4-2-7-17(15)20/h1-4,7-10,13,16,21,25H,5-6,11-12,14H2,(H,26,29)(H,27,28). The van der Waals surface area contributed by atoms with Crippen molar-refractivity contribution in [2.75, 3.05) is 13.2 Å². The van der Waals surface area contributed by atoms with E-state index in [-0.39, 0.29) is 17.9 Å². The Morgan fingerprint density at radius 3 is 2.77 bits per heavy atom. The minimum absolute atomic E-state index is 0.0473. The predicted molar refractivity (Wildman–Crippen MR) is 117 cm³/mol. The first kappa shape index (κ1) is 20.4. The molecule has 2 amide bonds. The minimum atomic E-state index is -0.741. The predicted octanol–water partition coefficient (Wildman–Crippen LogP) is 3.46. The number of hydrogen-bond donors (Lipinski definition) is 3. The monoisotopic (exact) mass is 425 g/mol. The van der Waals surface area contributed by atoms with Crippen molar-refractivity contribution in [1.82, 2.24) is 15.6 Å². The van der Waals surface area contributed by atoms with Gasteiger partial charge < -0.3 is 20.4 Å². The molecular formula is C23H24ClN3O3. The van der Waals surface area contributed by atoms with E-state index in [1.165, 1.54) is 0 Å². The second-order valence-electron chi connectivity index (χ2n) is 7.49. The normalized spacial score (nSPS) is 17.4. The Kier molecular flexibility index (Phi) is 6.35. The molecule has 3 aromatic rings.